The number of halogens is 8. The van der Waals surface area contributed by atoms with E-state index in [9.17, 15) is 44.7 Å². The molecule has 0 aliphatic carbocycles. The van der Waals surface area contributed by atoms with E-state index in [0.717, 1.165) is 34.9 Å². The molecule has 1 aliphatic rings. The molecular formula is C32H31F8N5O4. The van der Waals surface area contributed by atoms with Crippen LogP contribution in [0.25, 0.3) is 0 Å². The molecule has 1 aliphatic heterocycles. The smallest absolute Gasteiger partial charge is 0.449 e. The first-order valence-corrected chi connectivity index (χ1v) is 14.9. The lowest BCUT2D eigenvalue weighted by Crippen LogP contribution is -2.51. The summed E-state index contributed by atoms with van der Waals surface area (Å²) in [5.74, 6) is -2.81. The summed E-state index contributed by atoms with van der Waals surface area (Å²) in [6, 6.07) is 6.70. The summed E-state index contributed by atoms with van der Waals surface area (Å²) in [5.41, 5.74) is 2.28. The van der Waals surface area contributed by atoms with Gasteiger partial charge in [0.2, 0.25) is 5.76 Å². The number of anilines is 1. The van der Waals surface area contributed by atoms with E-state index in [1.54, 1.807) is 9.80 Å². The maximum absolute atomic E-state index is 15.0. The van der Waals surface area contributed by atoms with Gasteiger partial charge in [0.05, 0.1) is 38.3 Å². The van der Waals surface area contributed by atoms with Crippen LogP contribution >= 0.6 is 0 Å². The highest BCUT2D eigenvalue weighted by Crippen LogP contribution is 2.34. The van der Waals surface area contributed by atoms with Crippen molar-refractivity contribution in [2.24, 2.45) is 5.73 Å². The van der Waals surface area contributed by atoms with Crippen molar-refractivity contribution in [3.8, 4) is 5.75 Å². The van der Waals surface area contributed by atoms with Crippen molar-refractivity contribution < 1.29 is 44.3 Å². The Hall–Kier alpha value is -4.64. The topological polar surface area (TPSA) is 98.9 Å². The van der Waals surface area contributed by atoms with Gasteiger partial charge in [-0.1, -0.05) is 6.07 Å². The Labute approximate surface area is 273 Å². The van der Waals surface area contributed by atoms with Gasteiger partial charge >= 0.3 is 18.0 Å². The van der Waals surface area contributed by atoms with Crippen LogP contribution < -0.4 is 26.6 Å². The number of nitrogens with two attached hydrogens (primary N) is 1. The number of rotatable bonds is 9. The normalized spacial score (nSPS) is 15.1. The van der Waals surface area contributed by atoms with E-state index in [4.69, 9.17) is 14.9 Å². The third kappa shape index (κ3) is 7.51. The van der Waals surface area contributed by atoms with Crippen molar-refractivity contribution in [1.29, 1.82) is 0 Å². The van der Waals surface area contributed by atoms with E-state index in [2.05, 4.69) is 0 Å². The fraction of sp³-hybridized carbons (Fsp3) is 0.375. The Morgan fingerprint density at radius 3 is 2.20 bits per heavy atom. The van der Waals surface area contributed by atoms with Gasteiger partial charge in [0.1, 0.15) is 28.8 Å². The van der Waals surface area contributed by atoms with E-state index in [1.807, 2.05) is 0 Å². The lowest BCUT2D eigenvalue weighted by molar-refractivity contribution is -0.153. The molecule has 0 unspecified atom stereocenters. The maximum Gasteiger partial charge on any atom is 0.449 e. The number of nitrogens with zero attached hydrogens (tertiary/aromatic N) is 4. The van der Waals surface area contributed by atoms with Gasteiger partial charge in [0, 0.05) is 43.0 Å². The molecule has 0 amide bonds. The molecule has 0 radical (unpaired) electrons. The largest absolute Gasteiger partial charge is 0.496 e. The second-order valence-electron chi connectivity index (χ2n) is 11.5. The maximum atomic E-state index is 15.0. The van der Waals surface area contributed by atoms with Crippen molar-refractivity contribution in [1.82, 2.24) is 14.0 Å². The molecule has 5 rings (SSSR count). The summed E-state index contributed by atoms with van der Waals surface area (Å²) in [5, 5.41) is 0. The molecule has 4 aromatic rings. The quantitative estimate of drug-likeness (QED) is 0.237. The van der Waals surface area contributed by atoms with Crippen molar-refractivity contribution >= 4 is 5.69 Å². The van der Waals surface area contributed by atoms with E-state index in [1.165, 1.54) is 26.2 Å². The first-order chi connectivity index (χ1) is 23.0. The Kier molecular flexibility index (Phi) is 9.97. The van der Waals surface area contributed by atoms with Crippen LogP contribution in [0.1, 0.15) is 39.9 Å². The summed E-state index contributed by atoms with van der Waals surface area (Å²) >= 11 is 0. The van der Waals surface area contributed by atoms with Gasteiger partial charge in [-0.05, 0) is 49.4 Å². The number of ether oxygens (including phenoxy) is 1. The van der Waals surface area contributed by atoms with Gasteiger partial charge in [-0.2, -0.15) is 26.3 Å². The van der Waals surface area contributed by atoms with Crippen molar-refractivity contribution in [2.75, 3.05) is 38.2 Å². The molecule has 0 saturated carbocycles. The molecule has 9 nitrogen and oxygen atoms in total. The number of aromatic nitrogens is 2. The molecule has 2 aromatic carbocycles. The lowest BCUT2D eigenvalue weighted by Gasteiger charge is -2.36. The molecule has 49 heavy (non-hydrogen) atoms. The van der Waals surface area contributed by atoms with Gasteiger partial charge in [-0.3, -0.25) is 18.8 Å². The van der Waals surface area contributed by atoms with Crippen molar-refractivity contribution in [3.05, 3.63) is 115 Å². The molecule has 17 heteroatoms. The third-order valence-electron chi connectivity index (χ3n) is 8.38. The lowest BCUT2D eigenvalue weighted by atomic mass is 10.1. The molecule has 1 atom stereocenters. The molecule has 2 aromatic heterocycles. The number of alkyl halides is 6. The summed E-state index contributed by atoms with van der Waals surface area (Å²) < 4.78 is 122. The minimum atomic E-state index is -4.96. The molecule has 1 saturated heterocycles. The van der Waals surface area contributed by atoms with Crippen LogP contribution in [0.3, 0.4) is 0 Å². The number of hydrogen-bond donors (Lipinski definition) is 1. The number of hydrogen-bond acceptors (Lipinski definition) is 7. The zero-order valence-electron chi connectivity index (χ0n) is 26.2. The molecular weight excluding hydrogens is 670 g/mol. The zero-order valence-corrected chi connectivity index (χ0v) is 26.2. The fourth-order valence-electron chi connectivity index (χ4n) is 5.90. The van der Waals surface area contributed by atoms with Gasteiger partial charge in [-0.15, -0.1) is 0 Å². The van der Waals surface area contributed by atoms with Crippen LogP contribution in [0, 0.1) is 18.6 Å². The number of methoxy groups -OCH3 is 1. The molecule has 264 valence electrons. The molecule has 2 N–H and O–H groups in total. The number of piperazine rings is 1. The Bertz CT molecular complexity index is 1940. The first kappa shape index (κ1) is 35.7. The van der Waals surface area contributed by atoms with E-state index in [0.29, 0.717) is 10.6 Å². The zero-order chi connectivity index (χ0) is 35.8. The number of furan rings is 1. The molecule has 1 fully saturated rings. The summed E-state index contributed by atoms with van der Waals surface area (Å²) in [6.07, 6.45) is -9.61. The average Bonchev–Trinajstić information content (AvgIpc) is 3.51. The Morgan fingerprint density at radius 1 is 0.898 bits per heavy atom. The second kappa shape index (κ2) is 13.7. The first-order valence-electron chi connectivity index (χ1n) is 14.9. The SMILES string of the molecule is COc1ccc(F)cc1[C@@H](N)Cn1c(=O)c(N2CCN(Cc3ccc(C(F)(F)F)o3)CC2)c(C)n(Cc2c(F)cccc2C(F)(F)F)c1=O. The van der Waals surface area contributed by atoms with Crippen LogP contribution in [-0.2, 0) is 32.0 Å². The summed E-state index contributed by atoms with van der Waals surface area (Å²) in [4.78, 5) is 31.3. The summed E-state index contributed by atoms with van der Waals surface area (Å²) in [6.45, 7) is 0.643. The summed E-state index contributed by atoms with van der Waals surface area (Å²) in [7, 11) is 1.31. The predicted molar refractivity (Wildman–Crippen MR) is 161 cm³/mol. The monoisotopic (exact) mass is 701 g/mol. The fourth-order valence-corrected chi connectivity index (χ4v) is 5.90. The van der Waals surface area contributed by atoms with Crippen LogP contribution in [-0.4, -0.2) is 47.3 Å². The van der Waals surface area contributed by atoms with Crippen LogP contribution in [0.5, 0.6) is 5.75 Å². The second-order valence-corrected chi connectivity index (χ2v) is 11.5. The molecule has 0 bridgehead atoms. The van der Waals surface area contributed by atoms with Crippen molar-refractivity contribution in [2.45, 2.75) is 45.0 Å². The third-order valence-corrected chi connectivity index (χ3v) is 8.38. The standard InChI is InChI=1S/C32H31F8N5O4/c1-18-28(43-12-10-42(11-13-43)15-20-7-9-27(49-20)32(38,39)40)29(46)45(17-25(41)21-14-19(33)6-8-26(21)48-2)30(47)44(18)16-22-23(31(35,36)37)4-3-5-24(22)34/h3-9,14,25H,10-13,15-17,41H2,1-2H3/t25-/m0/s1. The number of benzene rings is 2. The van der Waals surface area contributed by atoms with Gasteiger partial charge in [0.25, 0.3) is 5.56 Å². The highest BCUT2D eigenvalue weighted by molar-refractivity contribution is 5.50. The van der Waals surface area contributed by atoms with Gasteiger partial charge in [0.15, 0.2) is 0 Å². The average molecular weight is 702 g/mol. The molecule has 3 heterocycles. The Morgan fingerprint density at radius 2 is 1.59 bits per heavy atom. The van der Waals surface area contributed by atoms with E-state index < -0.39 is 71.3 Å². The van der Waals surface area contributed by atoms with Crippen LogP contribution in [0.4, 0.5) is 40.8 Å². The van der Waals surface area contributed by atoms with E-state index >= 15 is 0 Å². The highest BCUT2D eigenvalue weighted by atomic mass is 19.4. The van der Waals surface area contributed by atoms with Crippen molar-refractivity contribution in [3.63, 3.8) is 0 Å². The minimum Gasteiger partial charge on any atom is -0.496 e. The van der Waals surface area contributed by atoms with Crippen LogP contribution in [0.2, 0.25) is 0 Å². The Balaban J connectivity index is 1.54. The van der Waals surface area contributed by atoms with Gasteiger partial charge in [-0.25, -0.2) is 13.6 Å². The predicted octanol–water partition coefficient (Wildman–Crippen LogP) is 5.31. The van der Waals surface area contributed by atoms with Crippen LogP contribution in [0.15, 0.2) is 62.5 Å². The highest BCUT2D eigenvalue weighted by Gasteiger charge is 2.36. The molecule has 0 spiro atoms. The minimum absolute atomic E-state index is 0.0322. The van der Waals surface area contributed by atoms with E-state index in [-0.39, 0.29) is 61.2 Å². The van der Waals surface area contributed by atoms with Gasteiger partial charge < -0.3 is 19.8 Å².